The van der Waals surface area contributed by atoms with Gasteiger partial charge >= 0.3 is 0 Å². The van der Waals surface area contributed by atoms with Gasteiger partial charge in [0.05, 0.1) is 19.3 Å². The van der Waals surface area contributed by atoms with E-state index in [0.717, 1.165) is 24.2 Å². The number of rotatable bonds is 4. The summed E-state index contributed by atoms with van der Waals surface area (Å²) in [7, 11) is 0. The van der Waals surface area contributed by atoms with E-state index in [-0.39, 0.29) is 18.6 Å². The molecule has 0 aromatic carbocycles. The van der Waals surface area contributed by atoms with Crippen LogP contribution in [0.1, 0.15) is 22.6 Å². The molecule has 18 heavy (non-hydrogen) atoms. The fourth-order valence-corrected chi connectivity index (χ4v) is 2.48. The van der Waals surface area contributed by atoms with Gasteiger partial charge in [-0.15, -0.1) is 10.2 Å². The first-order valence-electron chi connectivity index (χ1n) is 5.81. The highest BCUT2D eigenvalue weighted by molar-refractivity contribution is 7.16. The standard InChI is InChI=1S/C10H16N4O3S/c11-10-13-12-8(18-10)9(16)14-3-1-7(2-4-14)17-6-5-15/h7,15H,1-6H2,(H2,11,13). The molecule has 0 spiro atoms. The number of aliphatic hydroxyl groups excluding tert-OH is 1. The fourth-order valence-electron chi connectivity index (χ4n) is 1.90. The zero-order chi connectivity index (χ0) is 13.0. The molecule has 7 nitrogen and oxygen atoms in total. The summed E-state index contributed by atoms with van der Waals surface area (Å²) in [6, 6.07) is 0. The minimum absolute atomic E-state index is 0.0310. The van der Waals surface area contributed by atoms with Crippen molar-refractivity contribution in [2.75, 3.05) is 32.0 Å². The van der Waals surface area contributed by atoms with Crippen molar-refractivity contribution in [3.05, 3.63) is 5.01 Å². The minimum atomic E-state index is -0.121. The molecule has 100 valence electrons. The maximum atomic E-state index is 12.0. The molecule has 0 radical (unpaired) electrons. The first kappa shape index (κ1) is 13.2. The summed E-state index contributed by atoms with van der Waals surface area (Å²) < 4.78 is 5.44. The third-order valence-electron chi connectivity index (χ3n) is 2.80. The summed E-state index contributed by atoms with van der Waals surface area (Å²) in [4.78, 5) is 13.8. The van der Waals surface area contributed by atoms with Crippen LogP contribution in [0.5, 0.6) is 0 Å². The Kier molecular flexibility index (Phi) is 4.45. The Bertz CT molecular complexity index is 404. The molecule has 2 rings (SSSR count). The quantitative estimate of drug-likeness (QED) is 0.782. The number of hydrogen-bond acceptors (Lipinski definition) is 7. The van der Waals surface area contributed by atoms with Crippen LogP contribution in [0.15, 0.2) is 0 Å². The van der Waals surface area contributed by atoms with Gasteiger partial charge in [0.2, 0.25) is 10.1 Å². The van der Waals surface area contributed by atoms with Gasteiger partial charge in [0, 0.05) is 13.1 Å². The highest BCUT2D eigenvalue weighted by atomic mass is 32.1. The van der Waals surface area contributed by atoms with E-state index in [9.17, 15) is 4.79 Å². The predicted molar refractivity (Wildman–Crippen MR) is 66.3 cm³/mol. The molecule has 1 amide bonds. The number of piperidine rings is 1. The summed E-state index contributed by atoms with van der Waals surface area (Å²) in [5.41, 5.74) is 5.45. The Labute approximate surface area is 109 Å². The van der Waals surface area contributed by atoms with Crippen LogP contribution in [-0.4, -0.2) is 58.5 Å². The number of likely N-dealkylation sites (tertiary alicyclic amines) is 1. The maximum Gasteiger partial charge on any atom is 0.284 e. The maximum absolute atomic E-state index is 12.0. The zero-order valence-corrected chi connectivity index (χ0v) is 10.7. The van der Waals surface area contributed by atoms with Crippen molar-refractivity contribution in [3.8, 4) is 0 Å². The van der Waals surface area contributed by atoms with Gasteiger partial charge in [-0.1, -0.05) is 11.3 Å². The normalized spacial score (nSPS) is 17.1. The molecule has 2 heterocycles. The number of hydrogen-bond donors (Lipinski definition) is 2. The smallest absolute Gasteiger partial charge is 0.284 e. The van der Waals surface area contributed by atoms with E-state index < -0.39 is 0 Å². The van der Waals surface area contributed by atoms with Crippen molar-refractivity contribution < 1.29 is 14.6 Å². The molecule has 1 aromatic heterocycles. The SMILES string of the molecule is Nc1nnc(C(=O)N2CCC(OCCO)CC2)s1. The second-order valence-corrected chi connectivity index (χ2v) is 5.04. The Balaban J connectivity index is 1.84. The van der Waals surface area contributed by atoms with Crippen LogP contribution in [0.3, 0.4) is 0 Å². The summed E-state index contributed by atoms with van der Waals surface area (Å²) in [5.74, 6) is -0.121. The van der Waals surface area contributed by atoms with Gasteiger partial charge in [-0.05, 0) is 12.8 Å². The number of nitrogens with zero attached hydrogens (tertiary/aromatic N) is 3. The Morgan fingerprint density at radius 3 is 2.78 bits per heavy atom. The molecular formula is C10H16N4O3S. The van der Waals surface area contributed by atoms with Crippen molar-refractivity contribution in [3.63, 3.8) is 0 Å². The number of carbonyl (C=O) groups excluding carboxylic acids is 1. The fraction of sp³-hybridized carbons (Fsp3) is 0.700. The van der Waals surface area contributed by atoms with Crippen molar-refractivity contribution in [1.29, 1.82) is 0 Å². The average Bonchev–Trinajstić information content (AvgIpc) is 2.83. The van der Waals surface area contributed by atoms with Gasteiger partial charge in [-0.25, -0.2) is 0 Å². The second-order valence-electron chi connectivity index (χ2n) is 4.03. The number of aliphatic hydroxyl groups is 1. The summed E-state index contributed by atoms with van der Waals surface area (Å²) in [6.45, 7) is 1.65. The molecular weight excluding hydrogens is 256 g/mol. The van der Waals surface area contributed by atoms with Gasteiger partial charge in [-0.2, -0.15) is 0 Å². The Hall–Kier alpha value is -1.25. The lowest BCUT2D eigenvalue weighted by molar-refractivity contribution is -0.00556. The van der Waals surface area contributed by atoms with Crippen molar-refractivity contribution >= 4 is 22.4 Å². The first-order chi connectivity index (χ1) is 8.70. The van der Waals surface area contributed by atoms with E-state index in [4.69, 9.17) is 15.6 Å². The van der Waals surface area contributed by atoms with Crippen LogP contribution >= 0.6 is 11.3 Å². The molecule has 8 heteroatoms. The van der Waals surface area contributed by atoms with Crippen LogP contribution in [0.4, 0.5) is 5.13 Å². The van der Waals surface area contributed by atoms with Gasteiger partial charge in [0.1, 0.15) is 0 Å². The lowest BCUT2D eigenvalue weighted by Gasteiger charge is -2.31. The molecule has 1 saturated heterocycles. The number of aromatic nitrogens is 2. The summed E-state index contributed by atoms with van der Waals surface area (Å²) >= 11 is 1.10. The molecule has 0 saturated carbocycles. The van der Waals surface area contributed by atoms with Crippen LogP contribution < -0.4 is 5.73 Å². The number of anilines is 1. The summed E-state index contributed by atoms with van der Waals surface area (Å²) in [6.07, 6.45) is 1.68. The molecule has 0 bridgehead atoms. The third-order valence-corrected chi connectivity index (χ3v) is 3.54. The highest BCUT2D eigenvalue weighted by Gasteiger charge is 2.25. The van der Waals surface area contributed by atoms with E-state index in [1.54, 1.807) is 4.90 Å². The summed E-state index contributed by atoms with van der Waals surface area (Å²) in [5, 5.41) is 16.7. The minimum Gasteiger partial charge on any atom is -0.394 e. The third kappa shape index (κ3) is 3.15. The molecule has 0 unspecified atom stereocenters. The molecule has 1 aliphatic heterocycles. The van der Waals surface area contributed by atoms with Crippen LogP contribution in [0.2, 0.25) is 0 Å². The van der Waals surface area contributed by atoms with Gasteiger partial charge in [0.15, 0.2) is 0 Å². The lowest BCUT2D eigenvalue weighted by Crippen LogP contribution is -2.41. The number of ether oxygens (including phenoxy) is 1. The predicted octanol–water partition coefficient (Wildman–Crippen LogP) is -0.266. The number of carbonyl (C=O) groups is 1. The van der Waals surface area contributed by atoms with Crippen LogP contribution in [0, 0.1) is 0 Å². The molecule has 1 fully saturated rings. The second kappa shape index (κ2) is 6.07. The van der Waals surface area contributed by atoms with E-state index in [1.165, 1.54) is 0 Å². The largest absolute Gasteiger partial charge is 0.394 e. The first-order valence-corrected chi connectivity index (χ1v) is 6.63. The number of nitrogens with two attached hydrogens (primary N) is 1. The Morgan fingerprint density at radius 1 is 1.50 bits per heavy atom. The highest BCUT2D eigenvalue weighted by Crippen LogP contribution is 2.18. The average molecular weight is 272 g/mol. The number of amides is 1. The van der Waals surface area contributed by atoms with E-state index in [0.29, 0.717) is 29.8 Å². The lowest BCUT2D eigenvalue weighted by atomic mass is 10.1. The molecule has 1 aromatic rings. The van der Waals surface area contributed by atoms with Crippen molar-refractivity contribution in [2.45, 2.75) is 18.9 Å². The Morgan fingerprint density at radius 2 is 2.22 bits per heavy atom. The van der Waals surface area contributed by atoms with Crippen LogP contribution in [0.25, 0.3) is 0 Å². The monoisotopic (exact) mass is 272 g/mol. The van der Waals surface area contributed by atoms with E-state index in [2.05, 4.69) is 10.2 Å². The van der Waals surface area contributed by atoms with Gasteiger partial charge < -0.3 is 20.5 Å². The molecule has 3 N–H and O–H groups in total. The topological polar surface area (TPSA) is 102 Å². The molecule has 1 aliphatic rings. The molecule has 0 atom stereocenters. The zero-order valence-electron chi connectivity index (χ0n) is 9.91. The van der Waals surface area contributed by atoms with Gasteiger partial charge in [-0.3, -0.25) is 4.79 Å². The van der Waals surface area contributed by atoms with Gasteiger partial charge in [0.25, 0.3) is 5.91 Å². The van der Waals surface area contributed by atoms with Crippen molar-refractivity contribution in [1.82, 2.24) is 15.1 Å². The van der Waals surface area contributed by atoms with E-state index in [1.807, 2.05) is 0 Å². The van der Waals surface area contributed by atoms with Crippen LogP contribution in [-0.2, 0) is 4.74 Å². The van der Waals surface area contributed by atoms with E-state index >= 15 is 0 Å². The van der Waals surface area contributed by atoms with Crippen molar-refractivity contribution in [2.24, 2.45) is 0 Å². The number of nitrogen functional groups attached to an aromatic ring is 1. The molecule has 0 aliphatic carbocycles.